The van der Waals surface area contributed by atoms with Gasteiger partial charge < -0.3 is 4.74 Å². The number of rotatable bonds is 3. The molecule has 2 rings (SSSR count). The molecule has 18 heavy (non-hydrogen) atoms. The van der Waals surface area contributed by atoms with Crippen LogP contribution in [0.5, 0.6) is 5.75 Å². The first kappa shape index (κ1) is 12.8. The number of benzene rings is 1. The minimum Gasteiger partial charge on any atom is -0.483 e. The van der Waals surface area contributed by atoms with Crippen molar-refractivity contribution in [2.24, 2.45) is 5.92 Å². The smallest absolute Gasteiger partial charge is 0.311 e. The second-order valence-electron chi connectivity index (χ2n) is 4.88. The van der Waals surface area contributed by atoms with Crippen LogP contribution in [0.25, 0.3) is 0 Å². The van der Waals surface area contributed by atoms with Gasteiger partial charge in [-0.2, -0.15) is 0 Å². The zero-order chi connectivity index (χ0) is 13.1. The predicted octanol–water partition coefficient (Wildman–Crippen LogP) is 3.69. The van der Waals surface area contributed by atoms with E-state index in [1.54, 1.807) is 0 Å². The summed E-state index contributed by atoms with van der Waals surface area (Å²) in [5, 5.41) is 10.8. The molecule has 98 valence electrons. The number of hydrogen-bond acceptors (Lipinski definition) is 3. The van der Waals surface area contributed by atoms with Gasteiger partial charge in [-0.3, -0.25) is 10.1 Å². The van der Waals surface area contributed by atoms with Crippen molar-refractivity contribution in [2.75, 3.05) is 0 Å². The van der Waals surface area contributed by atoms with Crippen molar-refractivity contribution >= 4 is 5.69 Å². The van der Waals surface area contributed by atoms with E-state index in [2.05, 4.69) is 6.92 Å². The first-order valence-electron chi connectivity index (χ1n) is 6.17. The van der Waals surface area contributed by atoms with Crippen LogP contribution in [-0.2, 0) is 0 Å². The summed E-state index contributed by atoms with van der Waals surface area (Å²) in [6.07, 6.45) is 3.90. The molecule has 5 heteroatoms. The fourth-order valence-electron chi connectivity index (χ4n) is 2.40. The molecule has 0 radical (unpaired) electrons. The molecule has 0 spiro atoms. The maximum absolute atomic E-state index is 13.1. The van der Waals surface area contributed by atoms with Crippen LogP contribution in [0.1, 0.15) is 32.6 Å². The number of nitro groups is 1. The summed E-state index contributed by atoms with van der Waals surface area (Å²) in [6, 6.07) is 3.32. The van der Waals surface area contributed by atoms with E-state index < -0.39 is 10.7 Å². The average molecular weight is 253 g/mol. The van der Waals surface area contributed by atoms with Gasteiger partial charge in [-0.15, -0.1) is 0 Å². The lowest BCUT2D eigenvalue weighted by molar-refractivity contribution is -0.386. The minimum atomic E-state index is -0.541. The van der Waals surface area contributed by atoms with Gasteiger partial charge in [0.15, 0.2) is 5.75 Å². The monoisotopic (exact) mass is 253 g/mol. The lowest BCUT2D eigenvalue weighted by atomic mass is 9.89. The van der Waals surface area contributed by atoms with Crippen molar-refractivity contribution in [1.82, 2.24) is 0 Å². The Hall–Kier alpha value is -1.65. The SMILES string of the molecule is CC1CCCC(Oc2cc(F)ccc2[N+](=O)[O-])C1. The quantitative estimate of drug-likeness (QED) is 0.609. The van der Waals surface area contributed by atoms with Gasteiger partial charge in [0.1, 0.15) is 5.82 Å². The van der Waals surface area contributed by atoms with Crippen molar-refractivity contribution < 1.29 is 14.1 Å². The van der Waals surface area contributed by atoms with E-state index in [1.807, 2.05) is 0 Å². The molecule has 1 aromatic rings. The Morgan fingerprint density at radius 2 is 2.22 bits per heavy atom. The van der Waals surface area contributed by atoms with E-state index in [-0.39, 0.29) is 17.5 Å². The summed E-state index contributed by atoms with van der Waals surface area (Å²) in [5.74, 6) is 0.0786. The first-order chi connectivity index (χ1) is 8.56. The number of nitro benzene ring substituents is 1. The molecule has 0 bridgehead atoms. The number of halogens is 1. The van der Waals surface area contributed by atoms with Crippen LogP contribution in [-0.4, -0.2) is 11.0 Å². The predicted molar refractivity (Wildman–Crippen MR) is 65.1 cm³/mol. The highest BCUT2D eigenvalue weighted by Crippen LogP contribution is 2.32. The van der Waals surface area contributed by atoms with Crippen LogP contribution >= 0.6 is 0 Å². The molecular formula is C13H16FNO3. The number of hydrogen-bond donors (Lipinski definition) is 0. The van der Waals surface area contributed by atoms with Crippen LogP contribution in [0.3, 0.4) is 0 Å². The van der Waals surface area contributed by atoms with E-state index in [9.17, 15) is 14.5 Å². The van der Waals surface area contributed by atoms with Gasteiger partial charge in [-0.1, -0.05) is 13.3 Å². The third-order valence-electron chi connectivity index (χ3n) is 3.30. The van der Waals surface area contributed by atoms with Crippen molar-refractivity contribution in [3.05, 3.63) is 34.1 Å². The molecule has 1 fully saturated rings. The topological polar surface area (TPSA) is 52.4 Å². The van der Waals surface area contributed by atoms with Crippen molar-refractivity contribution in [1.29, 1.82) is 0 Å². The molecule has 0 amide bonds. The largest absolute Gasteiger partial charge is 0.483 e. The molecule has 1 aliphatic rings. The molecule has 1 aliphatic carbocycles. The van der Waals surface area contributed by atoms with Crippen molar-refractivity contribution in [2.45, 2.75) is 38.7 Å². The molecule has 0 aromatic heterocycles. The summed E-state index contributed by atoms with van der Waals surface area (Å²) >= 11 is 0. The van der Waals surface area contributed by atoms with Crippen LogP contribution in [0, 0.1) is 21.8 Å². The molecule has 0 N–H and O–H groups in total. The molecule has 0 saturated heterocycles. The minimum absolute atomic E-state index is 0.0408. The Kier molecular flexibility index (Phi) is 3.79. The Bertz CT molecular complexity index is 450. The van der Waals surface area contributed by atoms with Gasteiger partial charge >= 0.3 is 5.69 Å². The van der Waals surface area contributed by atoms with E-state index >= 15 is 0 Å². The summed E-state index contributed by atoms with van der Waals surface area (Å²) in [6.45, 7) is 2.13. The summed E-state index contributed by atoms with van der Waals surface area (Å²) < 4.78 is 18.8. The summed E-state index contributed by atoms with van der Waals surface area (Å²) in [5.41, 5.74) is -0.172. The average Bonchev–Trinajstić information content (AvgIpc) is 2.28. The normalized spacial score (nSPS) is 23.7. The van der Waals surface area contributed by atoms with E-state index in [0.717, 1.165) is 43.9 Å². The second kappa shape index (κ2) is 5.33. The summed E-state index contributed by atoms with van der Waals surface area (Å²) in [7, 11) is 0. The Morgan fingerprint density at radius 3 is 2.89 bits per heavy atom. The third-order valence-corrected chi connectivity index (χ3v) is 3.30. The van der Waals surface area contributed by atoms with Crippen molar-refractivity contribution in [3.63, 3.8) is 0 Å². The van der Waals surface area contributed by atoms with Gasteiger partial charge in [0.25, 0.3) is 0 Å². The highest BCUT2D eigenvalue weighted by molar-refractivity contribution is 5.46. The van der Waals surface area contributed by atoms with Crippen LogP contribution < -0.4 is 4.74 Å². The lowest BCUT2D eigenvalue weighted by Crippen LogP contribution is -2.24. The fourth-order valence-corrected chi connectivity index (χ4v) is 2.40. The zero-order valence-electron chi connectivity index (χ0n) is 10.3. The maximum atomic E-state index is 13.1. The molecule has 2 unspecified atom stereocenters. The van der Waals surface area contributed by atoms with Gasteiger partial charge in [0, 0.05) is 12.1 Å². The number of ether oxygens (including phenoxy) is 1. The van der Waals surface area contributed by atoms with E-state index in [0.29, 0.717) is 5.92 Å². The Morgan fingerprint density at radius 1 is 1.44 bits per heavy atom. The van der Waals surface area contributed by atoms with Gasteiger partial charge in [0.2, 0.25) is 0 Å². The fraction of sp³-hybridized carbons (Fsp3) is 0.538. The second-order valence-corrected chi connectivity index (χ2v) is 4.88. The van der Waals surface area contributed by atoms with Gasteiger partial charge in [-0.25, -0.2) is 4.39 Å². The van der Waals surface area contributed by atoms with Crippen LogP contribution in [0.2, 0.25) is 0 Å². The van der Waals surface area contributed by atoms with Gasteiger partial charge in [0.05, 0.1) is 11.0 Å². The molecule has 4 nitrogen and oxygen atoms in total. The third kappa shape index (κ3) is 2.97. The molecule has 2 atom stereocenters. The summed E-state index contributed by atoms with van der Waals surface area (Å²) in [4.78, 5) is 10.3. The molecule has 0 heterocycles. The first-order valence-corrected chi connectivity index (χ1v) is 6.17. The van der Waals surface area contributed by atoms with E-state index in [4.69, 9.17) is 4.74 Å². The van der Waals surface area contributed by atoms with Gasteiger partial charge in [-0.05, 0) is 31.2 Å². The van der Waals surface area contributed by atoms with Crippen molar-refractivity contribution in [3.8, 4) is 5.75 Å². The zero-order valence-corrected chi connectivity index (χ0v) is 10.3. The molecule has 1 saturated carbocycles. The Labute approximate surface area is 105 Å². The molecule has 1 aromatic carbocycles. The van der Waals surface area contributed by atoms with Crippen LogP contribution in [0.15, 0.2) is 18.2 Å². The number of nitrogens with zero attached hydrogens (tertiary/aromatic N) is 1. The lowest BCUT2D eigenvalue weighted by Gasteiger charge is -2.27. The highest BCUT2D eigenvalue weighted by Gasteiger charge is 2.24. The standard InChI is InChI=1S/C13H16FNO3/c1-9-3-2-4-11(7-9)18-13-8-10(14)5-6-12(13)15(16)17/h5-6,8-9,11H,2-4,7H2,1H3. The van der Waals surface area contributed by atoms with Crippen LogP contribution in [0.4, 0.5) is 10.1 Å². The highest BCUT2D eigenvalue weighted by atomic mass is 19.1. The molecule has 0 aliphatic heterocycles. The molecular weight excluding hydrogens is 237 g/mol. The Balaban J connectivity index is 2.16. The maximum Gasteiger partial charge on any atom is 0.311 e. The van der Waals surface area contributed by atoms with E-state index in [1.165, 1.54) is 0 Å².